The molecule has 4 nitrogen and oxygen atoms in total. The fraction of sp³-hybridized carbons (Fsp3) is 0.889. The van der Waals surface area contributed by atoms with E-state index in [-0.39, 0.29) is 12.1 Å². The number of rotatable bonds is 3. The molecule has 0 aromatic heterocycles. The third kappa shape index (κ3) is 3.32. The maximum Gasteiger partial charge on any atom is 0.320 e. The van der Waals surface area contributed by atoms with Gasteiger partial charge >= 0.3 is 5.97 Å². The molecule has 2 N–H and O–H groups in total. The Balaban J connectivity index is 2.31. The van der Waals surface area contributed by atoms with Crippen molar-refractivity contribution in [1.82, 2.24) is 5.32 Å². The van der Waals surface area contributed by atoms with Crippen molar-refractivity contribution >= 4 is 5.97 Å². The molecule has 0 bridgehead atoms. The molecule has 76 valence electrons. The summed E-state index contributed by atoms with van der Waals surface area (Å²) in [6.07, 6.45) is 2.05. The van der Waals surface area contributed by atoms with Gasteiger partial charge in [0.2, 0.25) is 0 Å². The van der Waals surface area contributed by atoms with Crippen LogP contribution < -0.4 is 5.32 Å². The molecule has 3 unspecified atom stereocenters. The average Bonchev–Trinajstić information content (AvgIpc) is 2.04. The van der Waals surface area contributed by atoms with Gasteiger partial charge < -0.3 is 15.2 Å². The summed E-state index contributed by atoms with van der Waals surface area (Å²) in [5.41, 5.74) is 0. The van der Waals surface area contributed by atoms with Gasteiger partial charge in [0.1, 0.15) is 6.04 Å². The third-order valence-electron chi connectivity index (χ3n) is 2.34. The van der Waals surface area contributed by atoms with Gasteiger partial charge in [-0.1, -0.05) is 0 Å². The van der Waals surface area contributed by atoms with Gasteiger partial charge in [-0.2, -0.15) is 0 Å². The van der Waals surface area contributed by atoms with Crippen LogP contribution in [0.3, 0.4) is 0 Å². The quantitative estimate of drug-likeness (QED) is 0.680. The summed E-state index contributed by atoms with van der Waals surface area (Å²) in [7, 11) is 0. The molecule has 1 saturated heterocycles. The van der Waals surface area contributed by atoms with E-state index >= 15 is 0 Å². The van der Waals surface area contributed by atoms with Crippen molar-refractivity contribution in [2.75, 3.05) is 6.61 Å². The lowest BCUT2D eigenvalue weighted by molar-refractivity contribution is -0.139. The lowest BCUT2D eigenvalue weighted by atomic mass is 10.0. The molecule has 0 radical (unpaired) electrons. The van der Waals surface area contributed by atoms with Crippen LogP contribution in [0, 0.1) is 0 Å². The zero-order valence-electron chi connectivity index (χ0n) is 8.12. The number of carbonyl (C=O) groups is 1. The molecular formula is C9H17NO3. The Morgan fingerprint density at radius 1 is 1.69 bits per heavy atom. The Bertz CT molecular complexity index is 184. The first-order valence-corrected chi connectivity index (χ1v) is 4.70. The van der Waals surface area contributed by atoms with Crippen LogP contribution in [-0.4, -0.2) is 35.9 Å². The SMILES string of the molecule is CC1CC(NC(C)C(=O)O)CCO1. The largest absolute Gasteiger partial charge is 0.480 e. The van der Waals surface area contributed by atoms with Crippen LogP contribution in [0.4, 0.5) is 0 Å². The molecule has 0 amide bonds. The van der Waals surface area contributed by atoms with E-state index in [9.17, 15) is 4.79 Å². The summed E-state index contributed by atoms with van der Waals surface area (Å²) in [6.45, 7) is 4.41. The number of hydrogen-bond acceptors (Lipinski definition) is 3. The van der Waals surface area contributed by atoms with Crippen LogP contribution in [0.2, 0.25) is 0 Å². The first-order valence-electron chi connectivity index (χ1n) is 4.70. The second kappa shape index (κ2) is 4.58. The predicted octanol–water partition coefficient (Wildman–Crippen LogP) is 0.617. The highest BCUT2D eigenvalue weighted by molar-refractivity contribution is 5.72. The number of nitrogens with one attached hydrogen (secondary N) is 1. The summed E-state index contributed by atoms with van der Waals surface area (Å²) in [4.78, 5) is 10.6. The molecule has 1 aliphatic heterocycles. The van der Waals surface area contributed by atoms with Gasteiger partial charge in [-0.15, -0.1) is 0 Å². The number of aliphatic carboxylic acids is 1. The Morgan fingerprint density at radius 2 is 2.38 bits per heavy atom. The van der Waals surface area contributed by atoms with E-state index in [1.54, 1.807) is 6.92 Å². The Morgan fingerprint density at radius 3 is 2.92 bits per heavy atom. The Labute approximate surface area is 78.3 Å². The van der Waals surface area contributed by atoms with E-state index in [1.165, 1.54) is 0 Å². The molecule has 1 heterocycles. The van der Waals surface area contributed by atoms with E-state index in [4.69, 9.17) is 9.84 Å². The van der Waals surface area contributed by atoms with Crippen molar-refractivity contribution in [2.24, 2.45) is 0 Å². The monoisotopic (exact) mass is 187 g/mol. The van der Waals surface area contributed by atoms with Crippen LogP contribution >= 0.6 is 0 Å². The topological polar surface area (TPSA) is 58.6 Å². The number of ether oxygens (including phenoxy) is 1. The van der Waals surface area contributed by atoms with Crippen molar-refractivity contribution < 1.29 is 14.6 Å². The third-order valence-corrected chi connectivity index (χ3v) is 2.34. The zero-order chi connectivity index (χ0) is 9.84. The molecule has 4 heteroatoms. The first kappa shape index (κ1) is 10.5. The van der Waals surface area contributed by atoms with Crippen LogP contribution in [0.5, 0.6) is 0 Å². The summed E-state index contributed by atoms with van der Waals surface area (Å²) in [5.74, 6) is -0.792. The lowest BCUT2D eigenvalue weighted by Crippen LogP contribution is -2.45. The second-order valence-electron chi connectivity index (χ2n) is 3.63. The van der Waals surface area contributed by atoms with Crippen molar-refractivity contribution in [1.29, 1.82) is 0 Å². The average molecular weight is 187 g/mol. The van der Waals surface area contributed by atoms with Gasteiger partial charge in [0.25, 0.3) is 0 Å². The molecule has 0 saturated carbocycles. The molecule has 3 atom stereocenters. The summed E-state index contributed by atoms with van der Waals surface area (Å²) in [5, 5.41) is 11.8. The highest BCUT2D eigenvalue weighted by Gasteiger charge is 2.22. The van der Waals surface area contributed by atoms with E-state index < -0.39 is 12.0 Å². The van der Waals surface area contributed by atoms with Crippen molar-refractivity contribution in [3.8, 4) is 0 Å². The maximum atomic E-state index is 10.6. The fourth-order valence-corrected chi connectivity index (χ4v) is 1.57. The van der Waals surface area contributed by atoms with Crippen molar-refractivity contribution in [2.45, 2.75) is 44.9 Å². The van der Waals surface area contributed by atoms with Gasteiger partial charge in [-0.25, -0.2) is 0 Å². The molecular weight excluding hydrogens is 170 g/mol. The van der Waals surface area contributed by atoms with E-state index in [2.05, 4.69) is 5.32 Å². The number of carboxylic acids is 1. The zero-order valence-corrected chi connectivity index (χ0v) is 8.12. The highest BCUT2D eigenvalue weighted by atomic mass is 16.5. The van der Waals surface area contributed by atoms with Crippen LogP contribution in [0.1, 0.15) is 26.7 Å². The molecule has 1 rings (SSSR count). The minimum atomic E-state index is -0.792. The predicted molar refractivity (Wildman–Crippen MR) is 48.7 cm³/mol. The van der Waals surface area contributed by atoms with Crippen molar-refractivity contribution in [3.63, 3.8) is 0 Å². The highest BCUT2D eigenvalue weighted by Crippen LogP contribution is 2.13. The van der Waals surface area contributed by atoms with Gasteiger partial charge in [-0.3, -0.25) is 4.79 Å². The van der Waals surface area contributed by atoms with Gasteiger partial charge in [0.15, 0.2) is 0 Å². The normalized spacial score (nSPS) is 31.2. The minimum absolute atomic E-state index is 0.243. The fourth-order valence-electron chi connectivity index (χ4n) is 1.57. The number of hydrogen-bond donors (Lipinski definition) is 2. The summed E-state index contributed by atoms with van der Waals surface area (Å²) in [6, 6.07) is -0.176. The minimum Gasteiger partial charge on any atom is -0.480 e. The first-order chi connectivity index (χ1) is 6.09. The Kier molecular flexibility index (Phi) is 3.69. The molecule has 13 heavy (non-hydrogen) atoms. The van der Waals surface area contributed by atoms with Crippen LogP contribution in [0.25, 0.3) is 0 Å². The van der Waals surface area contributed by atoms with Crippen molar-refractivity contribution in [3.05, 3.63) is 0 Å². The molecule has 1 fully saturated rings. The Hall–Kier alpha value is -0.610. The molecule has 0 aliphatic carbocycles. The van der Waals surface area contributed by atoms with Crippen LogP contribution in [0.15, 0.2) is 0 Å². The van der Waals surface area contributed by atoms with Gasteiger partial charge in [0, 0.05) is 12.6 Å². The summed E-state index contributed by atoms with van der Waals surface area (Å²) < 4.78 is 5.36. The van der Waals surface area contributed by atoms with Crippen LogP contribution in [-0.2, 0) is 9.53 Å². The molecule has 1 aliphatic rings. The van der Waals surface area contributed by atoms with E-state index in [0.29, 0.717) is 0 Å². The van der Waals surface area contributed by atoms with Gasteiger partial charge in [0.05, 0.1) is 6.10 Å². The molecule has 0 aromatic rings. The van der Waals surface area contributed by atoms with Gasteiger partial charge in [-0.05, 0) is 26.7 Å². The van der Waals surface area contributed by atoms with E-state index in [1.807, 2.05) is 6.92 Å². The maximum absolute atomic E-state index is 10.6. The second-order valence-corrected chi connectivity index (χ2v) is 3.63. The smallest absolute Gasteiger partial charge is 0.320 e. The van der Waals surface area contributed by atoms with E-state index in [0.717, 1.165) is 19.4 Å². The number of carboxylic acid groups (broad SMARTS) is 1. The lowest BCUT2D eigenvalue weighted by Gasteiger charge is -2.29. The molecule has 0 spiro atoms. The standard InChI is InChI=1S/C9H17NO3/c1-6-5-8(3-4-13-6)10-7(2)9(11)12/h6-8,10H,3-5H2,1-2H3,(H,11,12). The molecule has 0 aromatic carbocycles. The summed E-state index contributed by atoms with van der Waals surface area (Å²) >= 11 is 0.